The van der Waals surface area contributed by atoms with Crippen molar-refractivity contribution in [3.8, 4) is 0 Å². The first kappa shape index (κ1) is 18.1. The van der Waals surface area contributed by atoms with Gasteiger partial charge in [-0.15, -0.1) is 6.58 Å². The Balaban J connectivity index is 2.02. The predicted molar refractivity (Wildman–Crippen MR) is 89.3 cm³/mol. The molecule has 2 aliphatic heterocycles. The summed E-state index contributed by atoms with van der Waals surface area (Å²) >= 11 is 0. The van der Waals surface area contributed by atoms with E-state index >= 15 is 0 Å². The van der Waals surface area contributed by atoms with E-state index < -0.39 is 27.2 Å². The molecule has 0 aliphatic carbocycles. The normalized spacial score (nSPS) is 26.6. The molecule has 0 unspecified atom stereocenters. The molecule has 1 aromatic carbocycles. The SMILES string of the molecule is C=CC[C@@]1(C(=O)O)CN(S(=O)(=O)c2ccccc2)CCC12OCCO2. The van der Waals surface area contributed by atoms with Gasteiger partial charge in [-0.05, 0) is 18.6 Å². The molecule has 1 aromatic rings. The number of carboxylic acids is 1. The number of carboxylic acid groups (broad SMARTS) is 1. The first-order valence-electron chi connectivity index (χ1n) is 8.05. The van der Waals surface area contributed by atoms with Gasteiger partial charge >= 0.3 is 5.97 Å². The Hall–Kier alpha value is -1.74. The molecule has 2 saturated heterocycles. The van der Waals surface area contributed by atoms with Crippen LogP contribution in [-0.4, -0.2) is 55.9 Å². The van der Waals surface area contributed by atoms with Gasteiger partial charge < -0.3 is 14.6 Å². The fraction of sp³-hybridized carbons (Fsp3) is 0.471. The summed E-state index contributed by atoms with van der Waals surface area (Å²) < 4.78 is 38.5. The number of sulfonamides is 1. The maximum absolute atomic E-state index is 12.9. The van der Waals surface area contributed by atoms with Gasteiger partial charge in [0.1, 0.15) is 5.41 Å². The van der Waals surface area contributed by atoms with Crippen molar-refractivity contribution < 1.29 is 27.8 Å². The highest BCUT2D eigenvalue weighted by Gasteiger charge is 2.64. The molecule has 0 radical (unpaired) electrons. The fourth-order valence-electron chi connectivity index (χ4n) is 3.62. The van der Waals surface area contributed by atoms with Crippen LogP contribution < -0.4 is 0 Å². The lowest BCUT2D eigenvalue weighted by molar-refractivity contribution is -0.258. The van der Waals surface area contributed by atoms with E-state index in [1.54, 1.807) is 18.2 Å². The van der Waals surface area contributed by atoms with Crippen LogP contribution in [0.3, 0.4) is 0 Å². The second-order valence-electron chi connectivity index (χ2n) is 6.23. The molecule has 136 valence electrons. The summed E-state index contributed by atoms with van der Waals surface area (Å²) in [5.74, 6) is -2.47. The Morgan fingerprint density at radius 1 is 1.28 bits per heavy atom. The van der Waals surface area contributed by atoms with E-state index in [4.69, 9.17) is 9.47 Å². The monoisotopic (exact) mass is 367 g/mol. The van der Waals surface area contributed by atoms with Gasteiger partial charge in [0.05, 0.1) is 18.1 Å². The number of nitrogens with zero attached hydrogens (tertiary/aromatic N) is 1. The van der Waals surface area contributed by atoms with E-state index in [-0.39, 0.29) is 44.0 Å². The van der Waals surface area contributed by atoms with E-state index in [1.165, 1.54) is 22.5 Å². The second kappa shape index (κ2) is 6.53. The van der Waals surface area contributed by atoms with E-state index in [1.807, 2.05) is 0 Å². The van der Waals surface area contributed by atoms with Crippen LogP contribution in [0.25, 0.3) is 0 Å². The zero-order valence-corrected chi connectivity index (χ0v) is 14.6. The molecule has 1 N–H and O–H groups in total. The minimum atomic E-state index is -3.81. The maximum Gasteiger partial charge on any atom is 0.316 e. The molecular weight excluding hydrogens is 346 g/mol. The Labute approximate surface area is 146 Å². The van der Waals surface area contributed by atoms with Crippen LogP contribution in [0.15, 0.2) is 47.9 Å². The minimum absolute atomic E-state index is 0.0448. The fourth-order valence-corrected chi connectivity index (χ4v) is 5.14. The first-order chi connectivity index (χ1) is 11.9. The van der Waals surface area contributed by atoms with Crippen molar-refractivity contribution in [2.24, 2.45) is 5.41 Å². The van der Waals surface area contributed by atoms with Gasteiger partial charge in [-0.2, -0.15) is 4.31 Å². The van der Waals surface area contributed by atoms with E-state index in [0.29, 0.717) is 0 Å². The number of ether oxygens (including phenoxy) is 2. The van der Waals surface area contributed by atoms with Crippen molar-refractivity contribution in [2.75, 3.05) is 26.3 Å². The van der Waals surface area contributed by atoms with Crippen molar-refractivity contribution in [3.05, 3.63) is 43.0 Å². The Morgan fingerprint density at radius 3 is 2.48 bits per heavy atom. The van der Waals surface area contributed by atoms with Crippen molar-refractivity contribution in [1.82, 2.24) is 4.31 Å². The number of piperidine rings is 1. The van der Waals surface area contributed by atoms with Crippen molar-refractivity contribution >= 4 is 16.0 Å². The van der Waals surface area contributed by atoms with Crippen LogP contribution in [0.4, 0.5) is 0 Å². The van der Waals surface area contributed by atoms with E-state index in [9.17, 15) is 18.3 Å². The molecule has 3 rings (SSSR count). The number of carbonyl (C=O) groups is 1. The summed E-state index contributed by atoms with van der Waals surface area (Å²) in [4.78, 5) is 12.3. The average molecular weight is 367 g/mol. The number of allylic oxidation sites excluding steroid dienone is 1. The number of aliphatic carboxylic acids is 1. The Kier molecular flexibility index (Phi) is 4.72. The largest absolute Gasteiger partial charge is 0.481 e. The lowest BCUT2D eigenvalue weighted by Gasteiger charge is -2.49. The number of benzene rings is 1. The molecule has 7 nitrogen and oxygen atoms in total. The first-order valence-corrected chi connectivity index (χ1v) is 9.49. The quantitative estimate of drug-likeness (QED) is 0.792. The third kappa shape index (κ3) is 2.79. The van der Waals surface area contributed by atoms with Gasteiger partial charge in [0, 0.05) is 19.5 Å². The summed E-state index contributed by atoms with van der Waals surface area (Å²) in [5, 5.41) is 9.97. The highest BCUT2D eigenvalue weighted by Crippen LogP contribution is 2.49. The highest BCUT2D eigenvalue weighted by molar-refractivity contribution is 7.89. The molecule has 8 heteroatoms. The highest BCUT2D eigenvalue weighted by atomic mass is 32.2. The molecule has 2 fully saturated rings. The van der Waals surface area contributed by atoms with Crippen molar-refractivity contribution in [1.29, 1.82) is 0 Å². The van der Waals surface area contributed by atoms with Gasteiger partial charge in [-0.1, -0.05) is 24.3 Å². The lowest BCUT2D eigenvalue weighted by atomic mass is 9.72. The number of hydrogen-bond donors (Lipinski definition) is 1. The van der Waals surface area contributed by atoms with Crippen molar-refractivity contribution in [2.45, 2.75) is 23.5 Å². The van der Waals surface area contributed by atoms with Crippen molar-refractivity contribution in [3.63, 3.8) is 0 Å². The van der Waals surface area contributed by atoms with Crippen LogP contribution in [-0.2, 0) is 24.3 Å². The van der Waals surface area contributed by atoms with Gasteiger partial charge in [0.25, 0.3) is 0 Å². The lowest BCUT2D eigenvalue weighted by Crippen LogP contribution is -2.64. The Morgan fingerprint density at radius 2 is 1.92 bits per heavy atom. The predicted octanol–water partition coefficient (Wildman–Crippen LogP) is 1.47. The van der Waals surface area contributed by atoms with Gasteiger partial charge in [0.2, 0.25) is 10.0 Å². The molecule has 1 spiro atoms. The van der Waals surface area contributed by atoms with E-state index in [0.717, 1.165) is 0 Å². The van der Waals surface area contributed by atoms with Gasteiger partial charge in [-0.25, -0.2) is 8.42 Å². The molecule has 25 heavy (non-hydrogen) atoms. The molecule has 0 amide bonds. The molecule has 1 atom stereocenters. The van der Waals surface area contributed by atoms with Crippen LogP contribution >= 0.6 is 0 Å². The third-order valence-corrected chi connectivity index (χ3v) is 6.76. The third-order valence-electron chi connectivity index (χ3n) is 4.90. The Bertz CT molecular complexity index is 757. The van der Waals surface area contributed by atoms with E-state index in [2.05, 4.69) is 6.58 Å². The molecular formula is C17H21NO6S. The summed E-state index contributed by atoms with van der Waals surface area (Å²) in [6.45, 7) is 4.12. The number of rotatable bonds is 5. The molecule has 2 aliphatic rings. The molecule has 0 bridgehead atoms. The van der Waals surface area contributed by atoms with Crippen LogP contribution in [0.1, 0.15) is 12.8 Å². The van der Waals surface area contributed by atoms with Gasteiger partial charge in [-0.3, -0.25) is 4.79 Å². The van der Waals surface area contributed by atoms with Gasteiger partial charge in [0.15, 0.2) is 5.79 Å². The number of hydrogen-bond acceptors (Lipinski definition) is 5. The molecule has 0 saturated carbocycles. The summed E-state index contributed by atoms with van der Waals surface area (Å²) in [6, 6.07) is 7.99. The smallest absolute Gasteiger partial charge is 0.316 e. The molecule has 2 heterocycles. The summed E-state index contributed by atoms with van der Waals surface area (Å²) in [6.07, 6.45) is 1.67. The van der Waals surface area contributed by atoms with Crippen LogP contribution in [0, 0.1) is 5.41 Å². The summed E-state index contributed by atoms with van der Waals surface area (Å²) in [7, 11) is -3.81. The zero-order valence-electron chi connectivity index (χ0n) is 13.8. The van der Waals surface area contributed by atoms with Crippen LogP contribution in [0.2, 0.25) is 0 Å². The topological polar surface area (TPSA) is 93.1 Å². The molecule has 0 aromatic heterocycles. The summed E-state index contributed by atoms with van der Waals surface area (Å²) in [5.41, 5.74) is -1.54. The zero-order chi connectivity index (χ0) is 18.1. The average Bonchev–Trinajstić information content (AvgIpc) is 3.07. The maximum atomic E-state index is 12.9. The second-order valence-corrected chi connectivity index (χ2v) is 8.17. The standard InChI is InChI=1S/C17H21NO6S/c1-2-8-16(15(19)20)13-18(10-9-17(16)23-11-12-24-17)25(21,22)14-6-4-3-5-7-14/h2-7H,1,8-13H2,(H,19,20)/t16-/m0/s1. The van der Waals surface area contributed by atoms with Crippen LogP contribution in [0.5, 0.6) is 0 Å². The minimum Gasteiger partial charge on any atom is -0.481 e.